The highest BCUT2D eigenvalue weighted by atomic mass is 19.4. The van der Waals surface area contributed by atoms with Crippen molar-refractivity contribution < 1.29 is 22.7 Å². The van der Waals surface area contributed by atoms with Gasteiger partial charge in [-0.05, 0) is 18.2 Å². The largest absolute Gasteiger partial charge is 0.468 e. The minimum atomic E-state index is -4.44. The van der Waals surface area contributed by atoms with Gasteiger partial charge < -0.3 is 10.1 Å². The van der Waals surface area contributed by atoms with Crippen LogP contribution in [0, 0.1) is 0 Å². The van der Waals surface area contributed by atoms with Crippen LogP contribution in [0.1, 0.15) is 10.4 Å². The molecule has 0 saturated carbocycles. The first-order chi connectivity index (χ1) is 9.94. The minimum Gasteiger partial charge on any atom is -0.468 e. The van der Waals surface area contributed by atoms with Crippen molar-refractivity contribution in [3.8, 4) is 5.88 Å². The fourth-order valence-electron chi connectivity index (χ4n) is 1.51. The topological polar surface area (TPSA) is 51.2 Å². The van der Waals surface area contributed by atoms with Gasteiger partial charge in [0.25, 0.3) is 5.91 Å². The number of pyridine rings is 1. The number of hydrogen-bond acceptors (Lipinski definition) is 3. The van der Waals surface area contributed by atoms with E-state index in [1.165, 1.54) is 18.3 Å². The standard InChI is InChI=1S/C14H11F3N2O2/c15-14(16,17)9-21-12-8-11(6-7-18-12)19-13(20)10-4-2-1-3-5-10/h1-8H,9H2,(H,18,19,20). The molecule has 1 aromatic heterocycles. The van der Waals surface area contributed by atoms with Gasteiger partial charge in [-0.2, -0.15) is 13.2 Å². The Labute approximate surface area is 118 Å². The van der Waals surface area contributed by atoms with E-state index in [-0.39, 0.29) is 11.8 Å². The molecule has 1 N–H and O–H groups in total. The highest BCUT2D eigenvalue weighted by molar-refractivity contribution is 6.04. The molecule has 0 bridgehead atoms. The number of alkyl halides is 3. The number of ether oxygens (including phenoxy) is 1. The molecule has 21 heavy (non-hydrogen) atoms. The van der Waals surface area contributed by atoms with E-state index in [0.717, 1.165) is 0 Å². The van der Waals surface area contributed by atoms with Crippen molar-refractivity contribution in [3.63, 3.8) is 0 Å². The highest BCUT2D eigenvalue weighted by Crippen LogP contribution is 2.19. The molecule has 0 aliphatic rings. The molecule has 0 aliphatic carbocycles. The molecule has 0 spiro atoms. The number of benzene rings is 1. The zero-order valence-electron chi connectivity index (χ0n) is 10.7. The van der Waals surface area contributed by atoms with E-state index in [1.54, 1.807) is 30.3 Å². The normalized spacial score (nSPS) is 11.0. The molecule has 110 valence electrons. The number of halogens is 3. The van der Waals surface area contributed by atoms with E-state index in [2.05, 4.69) is 15.0 Å². The summed E-state index contributed by atoms with van der Waals surface area (Å²) < 4.78 is 40.7. The summed E-state index contributed by atoms with van der Waals surface area (Å²) in [5.41, 5.74) is 0.739. The molecule has 0 fully saturated rings. The van der Waals surface area contributed by atoms with Crippen LogP contribution in [0.3, 0.4) is 0 Å². The van der Waals surface area contributed by atoms with Crippen LogP contribution < -0.4 is 10.1 Å². The number of rotatable bonds is 4. The molecule has 0 radical (unpaired) electrons. The van der Waals surface area contributed by atoms with Crippen LogP contribution in [0.4, 0.5) is 18.9 Å². The molecule has 4 nitrogen and oxygen atoms in total. The van der Waals surface area contributed by atoms with Crippen molar-refractivity contribution in [1.82, 2.24) is 4.98 Å². The van der Waals surface area contributed by atoms with Gasteiger partial charge in [0.15, 0.2) is 6.61 Å². The van der Waals surface area contributed by atoms with Crippen LogP contribution in [0.25, 0.3) is 0 Å². The summed E-state index contributed by atoms with van der Waals surface area (Å²) in [4.78, 5) is 15.5. The number of hydrogen-bond donors (Lipinski definition) is 1. The Bertz CT molecular complexity index is 615. The first kappa shape index (κ1) is 14.8. The molecule has 1 heterocycles. The maximum absolute atomic E-state index is 12.1. The van der Waals surface area contributed by atoms with Gasteiger partial charge in [0.2, 0.25) is 5.88 Å². The van der Waals surface area contributed by atoms with Gasteiger partial charge in [-0.3, -0.25) is 4.79 Å². The van der Waals surface area contributed by atoms with Gasteiger partial charge in [0, 0.05) is 23.5 Å². The Balaban J connectivity index is 2.03. The summed E-state index contributed by atoms with van der Waals surface area (Å²) in [6.45, 7) is -1.43. The monoisotopic (exact) mass is 296 g/mol. The van der Waals surface area contributed by atoms with Crippen molar-refractivity contribution in [2.75, 3.05) is 11.9 Å². The highest BCUT2D eigenvalue weighted by Gasteiger charge is 2.28. The summed E-state index contributed by atoms with van der Waals surface area (Å²) in [7, 11) is 0. The van der Waals surface area contributed by atoms with Crippen molar-refractivity contribution in [2.45, 2.75) is 6.18 Å². The molecule has 2 rings (SSSR count). The van der Waals surface area contributed by atoms with Gasteiger partial charge >= 0.3 is 6.18 Å². The number of anilines is 1. The zero-order valence-corrected chi connectivity index (χ0v) is 10.7. The predicted octanol–water partition coefficient (Wildman–Crippen LogP) is 3.28. The average molecular weight is 296 g/mol. The molecular weight excluding hydrogens is 285 g/mol. The van der Waals surface area contributed by atoms with E-state index in [4.69, 9.17) is 0 Å². The first-order valence-corrected chi connectivity index (χ1v) is 5.96. The first-order valence-electron chi connectivity index (χ1n) is 5.96. The van der Waals surface area contributed by atoms with Crippen LogP contribution in [-0.2, 0) is 0 Å². The van der Waals surface area contributed by atoms with Gasteiger partial charge in [-0.25, -0.2) is 4.98 Å². The number of nitrogens with zero attached hydrogens (tertiary/aromatic N) is 1. The number of carbonyl (C=O) groups excluding carboxylic acids is 1. The van der Waals surface area contributed by atoms with Crippen molar-refractivity contribution in [3.05, 3.63) is 54.2 Å². The third-order valence-corrected chi connectivity index (χ3v) is 2.41. The second-order valence-electron chi connectivity index (χ2n) is 4.11. The third-order valence-electron chi connectivity index (χ3n) is 2.41. The van der Waals surface area contributed by atoms with Gasteiger partial charge in [-0.1, -0.05) is 18.2 Å². The quantitative estimate of drug-likeness (QED) is 0.942. The summed E-state index contributed by atoms with van der Waals surface area (Å²) in [6, 6.07) is 11.1. The van der Waals surface area contributed by atoms with E-state index in [1.807, 2.05) is 0 Å². The molecule has 0 aliphatic heterocycles. The number of amides is 1. The lowest BCUT2D eigenvalue weighted by Gasteiger charge is -2.10. The van der Waals surface area contributed by atoms with Gasteiger partial charge in [-0.15, -0.1) is 0 Å². The Hall–Kier alpha value is -2.57. The van der Waals surface area contributed by atoms with E-state index in [9.17, 15) is 18.0 Å². The van der Waals surface area contributed by atoms with Gasteiger partial charge in [0.1, 0.15) is 0 Å². The molecule has 0 saturated heterocycles. The van der Waals surface area contributed by atoms with Crippen molar-refractivity contribution >= 4 is 11.6 Å². The van der Waals surface area contributed by atoms with E-state index < -0.39 is 12.8 Å². The lowest BCUT2D eigenvalue weighted by Crippen LogP contribution is -2.19. The molecule has 2 aromatic rings. The molecular formula is C14H11F3N2O2. The van der Waals surface area contributed by atoms with Gasteiger partial charge in [0.05, 0.1) is 0 Å². The van der Waals surface area contributed by atoms with Crippen LogP contribution in [0.15, 0.2) is 48.7 Å². The third kappa shape index (κ3) is 4.79. The SMILES string of the molecule is O=C(Nc1ccnc(OCC(F)(F)F)c1)c1ccccc1. The number of aromatic nitrogens is 1. The Morgan fingerprint density at radius 2 is 1.90 bits per heavy atom. The zero-order chi connectivity index (χ0) is 15.3. The van der Waals surface area contributed by atoms with Crippen LogP contribution in [0.2, 0.25) is 0 Å². The van der Waals surface area contributed by atoms with E-state index >= 15 is 0 Å². The molecule has 1 amide bonds. The van der Waals surface area contributed by atoms with Crippen LogP contribution in [-0.4, -0.2) is 23.7 Å². The molecule has 0 unspecified atom stereocenters. The minimum absolute atomic E-state index is 0.210. The summed E-state index contributed by atoms with van der Waals surface area (Å²) >= 11 is 0. The predicted molar refractivity (Wildman–Crippen MR) is 70.2 cm³/mol. The fourth-order valence-corrected chi connectivity index (χ4v) is 1.51. The van der Waals surface area contributed by atoms with Crippen molar-refractivity contribution in [1.29, 1.82) is 0 Å². The van der Waals surface area contributed by atoms with Crippen LogP contribution >= 0.6 is 0 Å². The summed E-state index contributed by atoms with van der Waals surface area (Å²) in [5.74, 6) is -0.582. The summed E-state index contributed by atoms with van der Waals surface area (Å²) in [6.07, 6.45) is -3.18. The summed E-state index contributed by atoms with van der Waals surface area (Å²) in [5, 5.41) is 2.56. The Kier molecular flexibility index (Phi) is 4.42. The maximum atomic E-state index is 12.1. The molecule has 1 aromatic carbocycles. The maximum Gasteiger partial charge on any atom is 0.422 e. The second-order valence-corrected chi connectivity index (χ2v) is 4.11. The smallest absolute Gasteiger partial charge is 0.422 e. The Morgan fingerprint density at radius 3 is 2.57 bits per heavy atom. The fraction of sp³-hybridized carbons (Fsp3) is 0.143. The number of nitrogens with one attached hydrogen (secondary N) is 1. The van der Waals surface area contributed by atoms with Crippen molar-refractivity contribution in [2.24, 2.45) is 0 Å². The lowest BCUT2D eigenvalue weighted by atomic mass is 10.2. The lowest BCUT2D eigenvalue weighted by molar-refractivity contribution is -0.154. The van der Waals surface area contributed by atoms with Crippen LogP contribution in [0.5, 0.6) is 5.88 Å². The van der Waals surface area contributed by atoms with E-state index in [0.29, 0.717) is 11.3 Å². The Morgan fingerprint density at radius 1 is 1.19 bits per heavy atom. The second kappa shape index (κ2) is 6.25. The average Bonchev–Trinajstić information content (AvgIpc) is 2.46. The molecule has 7 heteroatoms. The molecule has 0 atom stereocenters. The number of carbonyl (C=O) groups is 1.